The number of amides is 1. The van der Waals surface area contributed by atoms with E-state index in [1.165, 1.54) is 12.1 Å². The molecular weight excluding hydrogens is 382 g/mol. The SMILES string of the molecule is Cc1c(NC(=O)c2cccc(C(F)(F)F)c2)cccc1B1OC(C)(C)C(C)(C)O1. The van der Waals surface area contributed by atoms with Gasteiger partial charge in [0.1, 0.15) is 0 Å². The van der Waals surface area contributed by atoms with Crippen LogP contribution >= 0.6 is 0 Å². The van der Waals surface area contributed by atoms with Gasteiger partial charge in [-0.3, -0.25) is 4.79 Å². The number of carbonyl (C=O) groups is 1. The Morgan fingerprint density at radius 1 is 1.00 bits per heavy atom. The van der Waals surface area contributed by atoms with Crippen molar-refractivity contribution in [2.24, 2.45) is 0 Å². The quantitative estimate of drug-likeness (QED) is 0.762. The molecule has 0 bridgehead atoms. The molecule has 154 valence electrons. The Morgan fingerprint density at radius 3 is 2.17 bits per heavy atom. The van der Waals surface area contributed by atoms with E-state index in [4.69, 9.17) is 9.31 Å². The first-order valence-electron chi connectivity index (χ1n) is 9.25. The van der Waals surface area contributed by atoms with Gasteiger partial charge in [-0.05, 0) is 69.9 Å². The second kappa shape index (κ2) is 7.18. The Kier molecular flexibility index (Phi) is 5.30. The number of anilines is 1. The normalized spacial score (nSPS) is 18.0. The number of hydrogen-bond donors (Lipinski definition) is 1. The molecule has 0 saturated carbocycles. The van der Waals surface area contributed by atoms with E-state index in [0.29, 0.717) is 5.69 Å². The van der Waals surface area contributed by atoms with Crippen LogP contribution in [0.4, 0.5) is 18.9 Å². The van der Waals surface area contributed by atoms with E-state index >= 15 is 0 Å². The molecule has 1 saturated heterocycles. The van der Waals surface area contributed by atoms with Crippen LogP contribution in [-0.4, -0.2) is 24.2 Å². The second-order valence-electron chi connectivity index (χ2n) is 8.14. The molecule has 2 aromatic carbocycles. The van der Waals surface area contributed by atoms with Crippen LogP contribution in [0.1, 0.15) is 49.2 Å². The van der Waals surface area contributed by atoms with Gasteiger partial charge in [-0.15, -0.1) is 0 Å². The van der Waals surface area contributed by atoms with Gasteiger partial charge < -0.3 is 14.6 Å². The molecule has 2 aromatic rings. The predicted molar refractivity (Wildman–Crippen MR) is 106 cm³/mol. The van der Waals surface area contributed by atoms with E-state index < -0.39 is 36.0 Å². The van der Waals surface area contributed by atoms with Crippen molar-refractivity contribution in [1.29, 1.82) is 0 Å². The minimum atomic E-state index is -4.51. The first-order valence-corrected chi connectivity index (χ1v) is 9.25. The van der Waals surface area contributed by atoms with Gasteiger partial charge in [0.05, 0.1) is 16.8 Å². The monoisotopic (exact) mass is 405 g/mol. The lowest BCUT2D eigenvalue weighted by Gasteiger charge is -2.32. The summed E-state index contributed by atoms with van der Waals surface area (Å²) in [4.78, 5) is 12.5. The maximum Gasteiger partial charge on any atom is 0.495 e. The first-order chi connectivity index (χ1) is 13.3. The molecular formula is C21H23BF3NO3. The molecule has 0 spiro atoms. The van der Waals surface area contributed by atoms with E-state index in [1.54, 1.807) is 12.1 Å². The van der Waals surface area contributed by atoms with Crippen molar-refractivity contribution >= 4 is 24.2 Å². The van der Waals surface area contributed by atoms with Crippen molar-refractivity contribution in [3.63, 3.8) is 0 Å². The molecule has 29 heavy (non-hydrogen) atoms. The van der Waals surface area contributed by atoms with Crippen molar-refractivity contribution in [2.45, 2.75) is 52.0 Å². The van der Waals surface area contributed by atoms with Gasteiger partial charge in [0, 0.05) is 11.3 Å². The summed E-state index contributed by atoms with van der Waals surface area (Å²) < 4.78 is 50.9. The zero-order valence-electron chi connectivity index (χ0n) is 17.0. The van der Waals surface area contributed by atoms with E-state index in [0.717, 1.165) is 23.2 Å². The molecule has 0 aliphatic carbocycles. The molecule has 3 rings (SSSR count). The molecule has 0 unspecified atom stereocenters. The van der Waals surface area contributed by atoms with Gasteiger partial charge in [0.2, 0.25) is 0 Å². The molecule has 1 heterocycles. The van der Waals surface area contributed by atoms with Crippen molar-refractivity contribution in [3.05, 3.63) is 59.2 Å². The Hall–Kier alpha value is -2.32. The van der Waals surface area contributed by atoms with Gasteiger partial charge in [0.15, 0.2) is 0 Å². The van der Waals surface area contributed by atoms with Crippen LogP contribution in [0.3, 0.4) is 0 Å². The third kappa shape index (κ3) is 4.18. The summed E-state index contributed by atoms with van der Waals surface area (Å²) in [5, 5.41) is 2.69. The zero-order chi connectivity index (χ0) is 21.6. The number of alkyl halides is 3. The molecule has 1 N–H and O–H groups in total. The summed E-state index contributed by atoms with van der Waals surface area (Å²) in [6.45, 7) is 9.59. The lowest BCUT2D eigenvalue weighted by molar-refractivity contribution is -0.137. The molecule has 1 amide bonds. The fourth-order valence-electron chi connectivity index (χ4n) is 3.05. The van der Waals surface area contributed by atoms with E-state index in [1.807, 2.05) is 40.7 Å². The van der Waals surface area contributed by atoms with Crippen molar-refractivity contribution in [3.8, 4) is 0 Å². The smallest absolute Gasteiger partial charge is 0.399 e. The maximum atomic E-state index is 12.9. The number of hydrogen-bond acceptors (Lipinski definition) is 3. The summed E-state index contributed by atoms with van der Waals surface area (Å²) in [5.74, 6) is -0.620. The maximum absolute atomic E-state index is 12.9. The number of benzene rings is 2. The summed E-state index contributed by atoms with van der Waals surface area (Å²) in [6, 6.07) is 9.61. The number of nitrogens with one attached hydrogen (secondary N) is 1. The van der Waals surface area contributed by atoms with Gasteiger partial charge in [-0.25, -0.2) is 0 Å². The average Bonchev–Trinajstić information content (AvgIpc) is 2.83. The fourth-order valence-corrected chi connectivity index (χ4v) is 3.05. The minimum Gasteiger partial charge on any atom is -0.399 e. The Bertz CT molecular complexity index is 925. The Labute approximate surface area is 168 Å². The van der Waals surface area contributed by atoms with Gasteiger partial charge in [-0.2, -0.15) is 13.2 Å². The summed E-state index contributed by atoms with van der Waals surface area (Å²) >= 11 is 0. The third-order valence-corrected chi connectivity index (χ3v) is 5.58. The minimum absolute atomic E-state index is 0.0692. The van der Waals surface area contributed by atoms with Crippen LogP contribution in [-0.2, 0) is 15.5 Å². The van der Waals surface area contributed by atoms with Crippen molar-refractivity contribution < 1.29 is 27.3 Å². The lowest BCUT2D eigenvalue weighted by Crippen LogP contribution is -2.41. The number of rotatable bonds is 3. The number of carbonyl (C=O) groups excluding carboxylic acids is 1. The molecule has 0 aromatic heterocycles. The Morgan fingerprint density at radius 2 is 1.59 bits per heavy atom. The van der Waals surface area contributed by atoms with Gasteiger partial charge in [0.25, 0.3) is 5.91 Å². The van der Waals surface area contributed by atoms with Crippen LogP contribution in [0.2, 0.25) is 0 Å². The van der Waals surface area contributed by atoms with Crippen molar-refractivity contribution in [2.75, 3.05) is 5.32 Å². The largest absolute Gasteiger partial charge is 0.495 e. The molecule has 4 nitrogen and oxygen atoms in total. The Balaban J connectivity index is 1.85. The first kappa shape index (κ1) is 21.4. The fraction of sp³-hybridized carbons (Fsp3) is 0.381. The topological polar surface area (TPSA) is 47.6 Å². The van der Waals surface area contributed by atoms with Crippen LogP contribution in [0.15, 0.2) is 42.5 Å². The lowest BCUT2D eigenvalue weighted by atomic mass is 9.76. The molecule has 0 radical (unpaired) electrons. The van der Waals surface area contributed by atoms with Crippen LogP contribution < -0.4 is 10.8 Å². The molecule has 8 heteroatoms. The highest BCUT2D eigenvalue weighted by Crippen LogP contribution is 2.37. The molecule has 1 aliphatic rings. The highest BCUT2D eigenvalue weighted by atomic mass is 19.4. The predicted octanol–water partition coefficient (Wildman–Crippen LogP) is 4.57. The van der Waals surface area contributed by atoms with Gasteiger partial charge >= 0.3 is 13.3 Å². The molecule has 0 atom stereocenters. The second-order valence-corrected chi connectivity index (χ2v) is 8.14. The number of halogens is 3. The molecule has 1 fully saturated rings. The highest BCUT2D eigenvalue weighted by Gasteiger charge is 2.52. The third-order valence-electron chi connectivity index (χ3n) is 5.58. The highest BCUT2D eigenvalue weighted by molar-refractivity contribution is 6.62. The van der Waals surface area contributed by atoms with E-state index in [2.05, 4.69) is 5.32 Å². The van der Waals surface area contributed by atoms with E-state index in [-0.39, 0.29) is 5.56 Å². The summed E-state index contributed by atoms with van der Waals surface area (Å²) in [7, 11) is -0.606. The zero-order valence-corrected chi connectivity index (χ0v) is 17.0. The molecule has 1 aliphatic heterocycles. The van der Waals surface area contributed by atoms with Crippen molar-refractivity contribution in [1.82, 2.24) is 0 Å². The summed E-state index contributed by atoms with van der Waals surface area (Å²) in [5.41, 5.74) is 0.00697. The summed E-state index contributed by atoms with van der Waals surface area (Å²) in [6.07, 6.45) is -4.51. The standard InChI is InChI=1S/C21H23BF3NO3/c1-13-16(22-28-19(2,3)20(4,5)29-22)10-7-11-17(13)26-18(27)14-8-6-9-15(12-14)21(23,24)25/h6-12H,1-5H3,(H,26,27). The van der Waals surface area contributed by atoms with Crippen LogP contribution in [0, 0.1) is 6.92 Å². The van der Waals surface area contributed by atoms with Gasteiger partial charge in [-0.1, -0.05) is 18.2 Å². The average molecular weight is 405 g/mol. The van der Waals surface area contributed by atoms with E-state index in [9.17, 15) is 18.0 Å². The van der Waals surface area contributed by atoms with Crippen LogP contribution in [0.5, 0.6) is 0 Å². The van der Waals surface area contributed by atoms with Crippen LogP contribution in [0.25, 0.3) is 0 Å².